The maximum absolute atomic E-state index is 13.7. The van der Waals surface area contributed by atoms with Gasteiger partial charge in [-0.2, -0.15) is 0 Å². The number of aliphatic hydroxyl groups excluding tert-OH is 1. The maximum Gasteiger partial charge on any atom is 0.224 e. The molecular weight excluding hydrogens is 384 g/mol. The first-order chi connectivity index (χ1) is 13.3. The maximum atomic E-state index is 13.7. The van der Waals surface area contributed by atoms with Gasteiger partial charge in [0.2, 0.25) is 9.84 Å². The summed E-state index contributed by atoms with van der Waals surface area (Å²) in [6.45, 7) is 1.47. The quantitative estimate of drug-likeness (QED) is 0.643. The molecule has 0 radical (unpaired) electrons. The lowest BCUT2D eigenvalue weighted by atomic mass is 10.1. The number of nitrogens with zero attached hydrogens (tertiary/aromatic N) is 1. The summed E-state index contributed by atoms with van der Waals surface area (Å²) < 4.78 is 52.3. The molecule has 0 saturated carbocycles. The number of hydrogen-bond acceptors (Lipinski definition) is 4. The van der Waals surface area contributed by atoms with Crippen molar-refractivity contribution in [2.45, 2.75) is 22.9 Å². The molecule has 0 aliphatic rings. The average molecular weight is 401 g/mol. The van der Waals surface area contributed by atoms with E-state index in [4.69, 9.17) is 0 Å². The van der Waals surface area contributed by atoms with Crippen LogP contribution in [0.5, 0.6) is 0 Å². The summed E-state index contributed by atoms with van der Waals surface area (Å²) in [6, 6.07) is 12.3. The second-order valence-electron chi connectivity index (χ2n) is 6.15. The average Bonchev–Trinajstić information content (AvgIpc) is 2.67. The summed E-state index contributed by atoms with van der Waals surface area (Å²) in [5.74, 6) is -1.34. The van der Waals surface area contributed by atoms with Crippen LogP contribution in [-0.4, -0.2) is 18.5 Å². The van der Waals surface area contributed by atoms with Crippen molar-refractivity contribution in [1.82, 2.24) is 4.98 Å². The fourth-order valence-corrected chi connectivity index (χ4v) is 4.10. The van der Waals surface area contributed by atoms with Crippen LogP contribution in [0.2, 0.25) is 0 Å². The Morgan fingerprint density at radius 3 is 2.39 bits per heavy atom. The van der Waals surface area contributed by atoms with Crippen molar-refractivity contribution in [3.8, 4) is 0 Å². The van der Waals surface area contributed by atoms with Crippen LogP contribution >= 0.6 is 0 Å². The smallest absolute Gasteiger partial charge is 0.224 e. The minimum Gasteiger partial charge on any atom is -0.389 e. The summed E-state index contributed by atoms with van der Waals surface area (Å²) in [6.07, 6.45) is 3.44. The normalized spacial score (nSPS) is 13.0. The molecule has 0 fully saturated rings. The van der Waals surface area contributed by atoms with Gasteiger partial charge in [-0.15, -0.1) is 0 Å². The Balaban J connectivity index is 1.89. The van der Waals surface area contributed by atoms with E-state index in [1.807, 2.05) is 0 Å². The molecule has 1 heterocycles. The van der Waals surface area contributed by atoms with E-state index in [-0.39, 0.29) is 21.0 Å². The van der Waals surface area contributed by atoms with Crippen LogP contribution in [0.1, 0.15) is 29.7 Å². The predicted octanol–water partition coefficient (Wildman–Crippen LogP) is 4.42. The van der Waals surface area contributed by atoms with Gasteiger partial charge in [0.1, 0.15) is 11.6 Å². The van der Waals surface area contributed by atoms with Gasteiger partial charge in [0.15, 0.2) is 5.03 Å². The molecule has 0 spiro atoms. The number of rotatable bonds is 5. The third kappa shape index (κ3) is 4.16. The van der Waals surface area contributed by atoms with E-state index in [2.05, 4.69) is 4.98 Å². The molecule has 0 aliphatic carbocycles. The number of aliphatic hydroxyl groups is 1. The van der Waals surface area contributed by atoms with E-state index in [1.54, 1.807) is 24.3 Å². The molecule has 0 amide bonds. The fraction of sp³-hybridized carbons (Fsp3) is 0.0952. The number of halogens is 2. The number of sulfone groups is 1. The van der Waals surface area contributed by atoms with Gasteiger partial charge in [0, 0.05) is 23.4 Å². The molecule has 0 saturated heterocycles. The van der Waals surface area contributed by atoms with Crippen molar-refractivity contribution in [3.05, 3.63) is 89.1 Å². The summed E-state index contributed by atoms with van der Waals surface area (Å²) >= 11 is 0. The van der Waals surface area contributed by atoms with Gasteiger partial charge in [-0.1, -0.05) is 30.4 Å². The monoisotopic (exact) mass is 401 g/mol. The molecule has 0 bridgehead atoms. The minimum absolute atomic E-state index is 0.0261. The van der Waals surface area contributed by atoms with E-state index in [9.17, 15) is 22.3 Å². The van der Waals surface area contributed by atoms with Crippen LogP contribution < -0.4 is 0 Å². The van der Waals surface area contributed by atoms with Crippen molar-refractivity contribution >= 4 is 22.0 Å². The number of hydrogen-bond donors (Lipinski definition) is 1. The zero-order chi connectivity index (χ0) is 20.3. The Kier molecular flexibility index (Phi) is 5.67. The molecule has 1 unspecified atom stereocenters. The summed E-state index contributed by atoms with van der Waals surface area (Å²) in [7, 11) is -3.91. The number of pyridine rings is 1. The zero-order valence-corrected chi connectivity index (χ0v) is 15.7. The van der Waals surface area contributed by atoms with Gasteiger partial charge in [0.05, 0.1) is 11.0 Å². The van der Waals surface area contributed by atoms with Crippen LogP contribution in [0.25, 0.3) is 12.2 Å². The lowest BCUT2D eigenvalue weighted by molar-refractivity contribution is 0.195. The lowest BCUT2D eigenvalue weighted by Gasteiger charge is -2.11. The van der Waals surface area contributed by atoms with Gasteiger partial charge in [-0.3, -0.25) is 0 Å². The van der Waals surface area contributed by atoms with Crippen LogP contribution in [0.3, 0.4) is 0 Å². The Hall–Kier alpha value is -2.90. The standard InChI is InChI=1S/C21H17F2NO3S/c1-14(25)19-3-2-12-24-21(19)28(26,27)18-10-5-15(6-11-18)4-7-16-8-9-17(22)13-20(16)23/h2-14,25H,1H3/b7-4+. The van der Waals surface area contributed by atoms with Gasteiger partial charge in [0.25, 0.3) is 0 Å². The van der Waals surface area contributed by atoms with E-state index in [0.29, 0.717) is 5.56 Å². The molecule has 1 atom stereocenters. The Morgan fingerprint density at radius 2 is 1.75 bits per heavy atom. The molecule has 3 rings (SSSR count). The molecule has 4 nitrogen and oxygen atoms in total. The minimum atomic E-state index is -3.91. The first-order valence-electron chi connectivity index (χ1n) is 8.40. The predicted molar refractivity (Wildman–Crippen MR) is 102 cm³/mol. The SMILES string of the molecule is CC(O)c1cccnc1S(=O)(=O)c1ccc(/C=C/c2ccc(F)cc2F)cc1. The number of aromatic nitrogens is 1. The van der Waals surface area contributed by atoms with E-state index in [1.165, 1.54) is 43.5 Å². The van der Waals surface area contributed by atoms with Crippen molar-refractivity contribution in [3.63, 3.8) is 0 Å². The van der Waals surface area contributed by atoms with Crippen LogP contribution in [0, 0.1) is 11.6 Å². The van der Waals surface area contributed by atoms with Crippen molar-refractivity contribution < 1.29 is 22.3 Å². The first-order valence-corrected chi connectivity index (χ1v) is 9.88. The van der Waals surface area contributed by atoms with Crippen LogP contribution in [0.15, 0.2) is 70.7 Å². The highest BCUT2D eigenvalue weighted by Gasteiger charge is 2.24. The van der Waals surface area contributed by atoms with Gasteiger partial charge in [-0.05, 0) is 42.8 Å². The topological polar surface area (TPSA) is 67.3 Å². The second kappa shape index (κ2) is 8.00. The van der Waals surface area contributed by atoms with Crippen LogP contribution in [0.4, 0.5) is 8.78 Å². The van der Waals surface area contributed by atoms with E-state index < -0.39 is 27.6 Å². The lowest BCUT2D eigenvalue weighted by Crippen LogP contribution is -2.09. The van der Waals surface area contributed by atoms with E-state index in [0.717, 1.165) is 12.1 Å². The third-order valence-electron chi connectivity index (χ3n) is 4.11. The highest BCUT2D eigenvalue weighted by Crippen LogP contribution is 2.26. The molecule has 28 heavy (non-hydrogen) atoms. The molecule has 144 valence electrons. The Bertz CT molecular complexity index is 1120. The summed E-state index contributed by atoms with van der Waals surface area (Å²) in [4.78, 5) is 3.96. The van der Waals surface area contributed by atoms with Crippen molar-refractivity contribution in [2.24, 2.45) is 0 Å². The Morgan fingerprint density at radius 1 is 1.04 bits per heavy atom. The van der Waals surface area contributed by atoms with Crippen LogP contribution in [-0.2, 0) is 9.84 Å². The molecule has 0 aliphatic heterocycles. The molecule has 1 aromatic heterocycles. The van der Waals surface area contributed by atoms with Gasteiger partial charge < -0.3 is 5.11 Å². The second-order valence-corrected chi connectivity index (χ2v) is 8.01. The molecule has 3 aromatic rings. The third-order valence-corrected chi connectivity index (χ3v) is 5.86. The summed E-state index contributed by atoms with van der Waals surface area (Å²) in [5.41, 5.74) is 1.07. The largest absolute Gasteiger partial charge is 0.389 e. The molecule has 2 aromatic carbocycles. The number of benzene rings is 2. The zero-order valence-electron chi connectivity index (χ0n) is 14.9. The highest BCUT2D eigenvalue weighted by molar-refractivity contribution is 7.91. The van der Waals surface area contributed by atoms with Gasteiger partial charge >= 0.3 is 0 Å². The highest BCUT2D eigenvalue weighted by atomic mass is 32.2. The first kappa shape index (κ1) is 19.9. The molecule has 1 N–H and O–H groups in total. The van der Waals surface area contributed by atoms with Crippen molar-refractivity contribution in [1.29, 1.82) is 0 Å². The summed E-state index contributed by atoms with van der Waals surface area (Å²) in [5, 5.41) is 9.62. The van der Waals surface area contributed by atoms with E-state index >= 15 is 0 Å². The van der Waals surface area contributed by atoms with Gasteiger partial charge in [-0.25, -0.2) is 22.2 Å². The fourth-order valence-electron chi connectivity index (χ4n) is 2.64. The Labute approximate surface area is 161 Å². The molecule has 7 heteroatoms. The molecular formula is C21H17F2NO3S. The van der Waals surface area contributed by atoms with Crippen molar-refractivity contribution in [2.75, 3.05) is 0 Å².